The molecule has 0 fully saturated rings. The zero-order valence-corrected chi connectivity index (χ0v) is 19.5. The van der Waals surface area contributed by atoms with Gasteiger partial charge in [-0.15, -0.1) is 0 Å². The molecule has 1 atom stereocenters. The number of aryl methyl sites for hydroxylation is 1. The van der Waals surface area contributed by atoms with Gasteiger partial charge in [0.1, 0.15) is 5.82 Å². The van der Waals surface area contributed by atoms with E-state index in [2.05, 4.69) is 6.92 Å². The zero-order valence-electron chi connectivity index (χ0n) is 19.5. The molecule has 1 unspecified atom stereocenters. The van der Waals surface area contributed by atoms with Crippen LogP contribution in [0, 0.1) is 6.92 Å². The summed E-state index contributed by atoms with van der Waals surface area (Å²) in [5, 5.41) is 0.557. The Balaban J connectivity index is 2.13. The number of carbonyl (C=O) groups is 1. The van der Waals surface area contributed by atoms with Gasteiger partial charge in [0.15, 0.2) is 0 Å². The molecule has 3 aromatic rings. The molecule has 1 heterocycles. The number of para-hydroxylation sites is 1. The monoisotopic (exact) mass is 435 g/mol. The molecule has 1 amide bonds. The van der Waals surface area contributed by atoms with Crippen molar-refractivity contribution in [2.75, 3.05) is 20.3 Å². The van der Waals surface area contributed by atoms with Crippen molar-refractivity contribution in [1.29, 1.82) is 0 Å². The zero-order chi connectivity index (χ0) is 23.1. The van der Waals surface area contributed by atoms with E-state index in [4.69, 9.17) is 9.72 Å². The molecule has 170 valence electrons. The first kappa shape index (κ1) is 23.7. The second-order valence-corrected chi connectivity index (χ2v) is 8.18. The van der Waals surface area contributed by atoms with Gasteiger partial charge in [-0.1, -0.05) is 49.6 Å². The van der Waals surface area contributed by atoms with Gasteiger partial charge in [0, 0.05) is 20.1 Å². The number of fused-ring (bicyclic) bond motifs is 1. The highest BCUT2D eigenvalue weighted by atomic mass is 16.5. The molecule has 3 rings (SSSR count). The van der Waals surface area contributed by atoms with Gasteiger partial charge in [-0.25, -0.2) is 4.98 Å². The Bertz CT molecular complexity index is 1110. The van der Waals surface area contributed by atoms with E-state index in [0.29, 0.717) is 36.3 Å². The maximum Gasteiger partial charge on any atom is 0.266 e. The van der Waals surface area contributed by atoms with E-state index in [1.807, 2.05) is 56.3 Å². The largest absolute Gasteiger partial charge is 0.383 e. The lowest BCUT2D eigenvalue weighted by molar-refractivity contribution is -0.134. The molecule has 6 heteroatoms. The maximum atomic E-state index is 13.6. The molecule has 1 aromatic heterocycles. The number of nitrogens with zero attached hydrogens (tertiary/aromatic N) is 3. The van der Waals surface area contributed by atoms with Gasteiger partial charge in [0.05, 0.1) is 29.2 Å². The van der Waals surface area contributed by atoms with E-state index in [0.717, 1.165) is 30.5 Å². The summed E-state index contributed by atoms with van der Waals surface area (Å²) >= 11 is 0. The topological polar surface area (TPSA) is 64.4 Å². The summed E-state index contributed by atoms with van der Waals surface area (Å²) in [4.78, 5) is 33.3. The second-order valence-electron chi connectivity index (χ2n) is 8.18. The molecule has 0 aliphatic rings. The number of methoxy groups -OCH3 is 1. The number of rotatable bonds is 10. The number of benzene rings is 2. The minimum absolute atomic E-state index is 0.0564. The van der Waals surface area contributed by atoms with Gasteiger partial charge in [-0.2, -0.15) is 0 Å². The van der Waals surface area contributed by atoms with Crippen molar-refractivity contribution in [2.24, 2.45) is 0 Å². The number of aromatic nitrogens is 2. The second kappa shape index (κ2) is 11.0. The molecular formula is C26H33N3O3. The van der Waals surface area contributed by atoms with Crippen LogP contribution in [0.15, 0.2) is 53.3 Å². The lowest BCUT2D eigenvalue weighted by atomic mass is 10.1. The summed E-state index contributed by atoms with van der Waals surface area (Å²) in [7, 11) is 1.63. The third-order valence-electron chi connectivity index (χ3n) is 5.79. The molecular weight excluding hydrogens is 402 g/mol. The average Bonchev–Trinajstić information content (AvgIpc) is 2.80. The average molecular weight is 436 g/mol. The molecule has 0 spiro atoms. The number of hydrogen-bond acceptors (Lipinski definition) is 4. The standard InChI is InChI=1S/C26H33N3O3/c1-5-6-7-12-24(30)28(17-18-32-4)20(3)25-27-23-11-9-8-10-22(23)26(31)29(25)21-15-13-19(2)14-16-21/h8-11,13-16,20H,5-7,12,17-18H2,1-4H3. The Kier molecular flexibility index (Phi) is 8.17. The molecule has 32 heavy (non-hydrogen) atoms. The van der Waals surface area contributed by atoms with Gasteiger partial charge < -0.3 is 9.64 Å². The highest BCUT2D eigenvalue weighted by Crippen LogP contribution is 2.24. The fraction of sp³-hybridized carbons (Fsp3) is 0.423. The van der Waals surface area contributed by atoms with Crippen molar-refractivity contribution in [1.82, 2.24) is 14.5 Å². The highest BCUT2D eigenvalue weighted by molar-refractivity contribution is 5.79. The summed E-state index contributed by atoms with van der Waals surface area (Å²) in [5.41, 5.74) is 2.35. The van der Waals surface area contributed by atoms with Gasteiger partial charge in [0.2, 0.25) is 5.91 Å². The summed E-state index contributed by atoms with van der Waals surface area (Å²) < 4.78 is 6.92. The lowest BCUT2D eigenvalue weighted by Gasteiger charge is -2.30. The van der Waals surface area contributed by atoms with Crippen LogP contribution in [0.1, 0.15) is 57.0 Å². The van der Waals surface area contributed by atoms with Crippen LogP contribution in [0.25, 0.3) is 16.6 Å². The summed E-state index contributed by atoms with van der Waals surface area (Å²) in [6, 6.07) is 14.8. The Morgan fingerprint density at radius 1 is 1.12 bits per heavy atom. The van der Waals surface area contributed by atoms with Crippen LogP contribution in [0.2, 0.25) is 0 Å². The minimum atomic E-state index is -0.391. The van der Waals surface area contributed by atoms with Crippen LogP contribution in [0.5, 0.6) is 0 Å². The first-order valence-corrected chi connectivity index (χ1v) is 11.3. The summed E-state index contributed by atoms with van der Waals surface area (Å²) in [5.74, 6) is 0.610. The Hall–Kier alpha value is -2.99. The number of unbranched alkanes of at least 4 members (excludes halogenated alkanes) is 2. The van der Waals surface area contributed by atoms with E-state index in [1.54, 1.807) is 22.6 Å². The van der Waals surface area contributed by atoms with Gasteiger partial charge in [0.25, 0.3) is 5.56 Å². The molecule has 0 aliphatic heterocycles. The van der Waals surface area contributed by atoms with Crippen LogP contribution in [0.4, 0.5) is 0 Å². The fourth-order valence-electron chi connectivity index (χ4n) is 3.91. The molecule has 0 N–H and O–H groups in total. The van der Waals surface area contributed by atoms with Crippen molar-refractivity contribution in [3.05, 3.63) is 70.3 Å². The molecule has 0 saturated carbocycles. The Labute approximate surface area is 189 Å². The van der Waals surface area contributed by atoms with E-state index in [1.165, 1.54) is 0 Å². The van der Waals surface area contributed by atoms with Gasteiger partial charge in [-0.05, 0) is 44.5 Å². The number of hydrogen-bond donors (Lipinski definition) is 0. The van der Waals surface area contributed by atoms with E-state index in [-0.39, 0.29) is 11.5 Å². The fourth-order valence-corrected chi connectivity index (χ4v) is 3.91. The highest BCUT2D eigenvalue weighted by Gasteiger charge is 2.26. The van der Waals surface area contributed by atoms with E-state index in [9.17, 15) is 9.59 Å². The van der Waals surface area contributed by atoms with Crippen molar-refractivity contribution in [3.8, 4) is 5.69 Å². The van der Waals surface area contributed by atoms with Crippen molar-refractivity contribution < 1.29 is 9.53 Å². The normalized spacial score (nSPS) is 12.1. The maximum absolute atomic E-state index is 13.6. The SMILES string of the molecule is CCCCCC(=O)N(CCOC)C(C)c1nc2ccccc2c(=O)n1-c1ccc(C)cc1. The van der Waals surface area contributed by atoms with E-state index < -0.39 is 6.04 Å². The Morgan fingerprint density at radius 3 is 2.53 bits per heavy atom. The summed E-state index contributed by atoms with van der Waals surface area (Å²) in [6.07, 6.45) is 3.40. The van der Waals surface area contributed by atoms with Crippen molar-refractivity contribution in [3.63, 3.8) is 0 Å². The van der Waals surface area contributed by atoms with Crippen molar-refractivity contribution >= 4 is 16.8 Å². The molecule has 0 bridgehead atoms. The third kappa shape index (κ3) is 5.25. The number of ether oxygens (including phenoxy) is 1. The molecule has 2 aromatic carbocycles. The smallest absolute Gasteiger partial charge is 0.266 e. The molecule has 0 saturated heterocycles. The molecule has 6 nitrogen and oxygen atoms in total. The van der Waals surface area contributed by atoms with Crippen LogP contribution in [0.3, 0.4) is 0 Å². The van der Waals surface area contributed by atoms with Crippen LogP contribution < -0.4 is 5.56 Å². The molecule has 0 aliphatic carbocycles. The first-order valence-electron chi connectivity index (χ1n) is 11.3. The summed E-state index contributed by atoms with van der Waals surface area (Å²) in [6.45, 7) is 6.94. The predicted molar refractivity (Wildman–Crippen MR) is 128 cm³/mol. The first-order chi connectivity index (χ1) is 15.5. The molecule has 0 radical (unpaired) electrons. The number of carbonyl (C=O) groups excluding carboxylic acids is 1. The van der Waals surface area contributed by atoms with Gasteiger partial charge >= 0.3 is 0 Å². The van der Waals surface area contributed by atoms with Crippen LogP contribution in [-0.4, -0.2) is 40.6 Å². The predicted octanol–water partition coefficient (Wildman–Crippen LogP) is 4.81. The lowest BCUT2D eigenvalue weighted by Crippen LogP contribution is -2.39. The Morgan fingerprint density at radius 2 is 1.84 bits per heavy atom. The quantitative estimate of drug-likeness (QED) is 0.429. The van der Waals surface area contributed by atoms with Crippen molar-refractivity contribution in [2.45, 2.75) is 52.5 Å². The number of amides is 1. The van der Waals surface area contributed by atoms with E-state index >= 15 is 0 Å². The van der Waals surface area contributed by atoms with Gasteiger partial charge in [-0.3, -0.25) is 14.2 Å². The van der Waals surface area contributed by atoms with Crippen LogP contribution >= 0.6 is 0 Å². The minimum Gasteiger partial charge on any atom is -0.383 e. The third-order valence-corrected chi connectivity index (χ3v) is 5.79. The van der Waals surface area contributed by atoms with Crippen LogP contribution in [-0.2, 0) is 9.53 Å².